The van der Waals surface area contributed by atoms with Gasteiger partial charge in [0.05, 0.1) is 6.04 Å². The number of Topliss-reactive ketones (excluding diaryl/α,β-unsaturated/α-hetero) is 1. The number of hydrogen-bond donors (Lipinski definition) is 1. The van der Waals surface area contributed by atoms with Gasteiger partial charge in [-0.2, -0.15) is 0 Å². The lowest BCUT2D eigenvalue weighted by molar-refractivity contribution is -0.155. The van der Waals surface area contributed by atoms with Gasteiger partial charge in [-0.05, 0) is 18.4 Å². The van der Waals surface area contributed by atoms with Gasteiger partial charge < -0.3 is 10.5 Å². The first-order valence-corrected chi connectivity index (χ1v) is 5.36. The largest absolute Gasteiger partial charge is 0.455 e. The van der Waals surface area contributed by atoms with E-state index in [4.69, 9.17) is 10.5 Å². The Bertz CT molecular complexity index is 387. The van der Waals surface area contributed by atoms with E-state index in [1.807, 2.05) is 30.3 Å². The maximum Gasteiger partial charge on any atom is 0.376 e. The van der Waals surface area contributed by atoms with Crippen molar-refractivity contribution in [2.45, 2.75) is 19.6 Å². The number of carbonyl (C=O) groups is 2. The molecule has 17 heavy (non-hydrogen) atoms. The van der Waals surface area contributed by atoms with E-state index >= 15 is 0 Å². The predicted octanol–water partition coefficient (Wildman–Crippen LogP) is 1.10. The normalized spacial score (nSPS) is 12.2. The van der Waals surface area contributed by atoms with Gasteiger partial charge in [0.15, 0.2) is 0 Å². The minimum atomic E-state index is -0.906. The summed E-state index contributed by atoms with van der Waals surface area (Å²) < 4.78 is 4.86. The zero-order chi connectivity index (χ0) is 12.8. The zero-order valence-electron chi connectivity index (χ0n) is 9.76. The van der Waals surface area contributed by atoms with Crippen LogP contribution in [0.25, 0.3) is 0 Å². The SMILES string of the molecule is [CH2]C(C)C(N)C(=O)C(=O)OCc1ccccc1. The molecule has 0 aliphatic rings. The second kappa shape index (κ2) is 6.15. The van der Waals surface area contributed by atoms with Crippen LogP contribution in [0, 0.1) is 12.8 Å². The van der Waals surface area contributed by atoms with E-state index in [1.165, 1.54) is 0 Å². The summed E-state index contributed by atoms with van der Waals surface area (Å²) in [5, 5.41) is 0. The van der Waals surface area contributed by atoms with E-state index in [-0.39, 0.29) is 12.5 Å². The molecular weight excluding hydrogens is 218 g/mol. The van der Waals surface area contributed by atoms with Crippen molar-refractivity contribution in [3.8, 4) is 0 Å². The van der Waals surface area contributed by atoms with Crippen molar-refractivity contribution >= 4 is 11.8 Å². The fraction of sp³-hybridized carbons (Fsp3) is 0.308. The first-order chi connectivity index (χ1) is 8.02. The van der Waals surface area contributed by atoms with Crippen molar-refractivity contribution in [3.63, 3.8) is 0 Å². The van der Waals surface area contributed by atoms with Gasteiger partial charge in [-0.25, -0.2) is 4.79 Å². The molecule has 1 aromatic carbocycles. The van der Waals surface area contributed by atoms with E-state index < -0.39 is 17.8 Å². The number of ketones is 1. The molecule has 0 spiro atoms. The molecule has 2 N–H and O–H groups in total. The third-order valence-corrected chi connectivity index (χ3v) is 2.33. The van der Waals surface area contributed by atoms with Crippen LogP contribution in [0.4, 0.5) is 0 Å². The molecule has 0 amide bonds. The van der Waals surface area contributed by atoms with E-state index in [9.17, 15) is 9.59 Å². The van der Waals surface area contributed by atoms with Gasteiger partial charge in [0.1, 0.15) is 6.61 Å². The molecule has 0 heterocycles. The van der Waals surface area contributed by atoms with Gasteiger partial charge in [-0.15, -0.1) is 0 Å². The van der Waals surface area contributed by atoms with Gasteiger partial charge in [-0.3, -0.25) is 4.79 Å². The second-order valence-corrected chi connectivity index (χ2v) is 3.93. The van der Waals surface area contributed by atoms with Crippen LogP contribution in [0.5, 0.6) is 0 Å². The Balaban J connectivity index is 2.48. The zero-order valence-corrected chi connectivity index (χ0v) is 9.76. The summed E-state index contributed by atoms with van der Waals surface area (Å²) in [6.45, 7) is 5.35. The van der Waals surface area contributed by atoms with Crippen LogP contribution in [-0.2, 0) is 20.9 Å². The highest BCUT2D eigenvalue weighted by Crippen LogP contribution is 2.04. The smallest absolute Gasteiger partial charge is 0.376 e. The molecule has 0 aromatic heterocycles. The number of hydrogen-bond acceptors (Lipinski definition) is 4. The topological polar surface area (TPSA) is 69.4 Å². The molecule has 0 saturated heterocycles. The molecule has 2 unspecified atom stereocenters. The average molecular weight is 234 g/mol. The number of ether oxygens (including phenoxy) is 1. The summed E-state index contributed by atoms with van der Waals surface area (Å²) in [6.07, 6.45) is 0. The number of carbonyl (C=O) groups excluding carboxylic acids is 2. The summed E-state index contributed by atoms with van der Waals surface area (Å²) in [5.74, 6) is -1.97. The quantitative estimate of drug-likeness (QED) is 0.611. The molecule has 0 aliphatic heterocycles. The average Bonchev–Trinajstić information content (AvgIpc) is 2.35. The van der Waals surface area contributed by atoms with E-state index in [0.717, 1.165) is 5.56 Å². The van der Waals surface area contributed by atoms with E-state index in [2.05, 4.69) is 6.92 Å². The van der Waals surface area contributed by atoms with Crippen molar-refractivity contribution < 1.29 is 14.3 Å². The lowest BCUT2D eigenvalue weighted by Crippen LogP contribution is -2.40. The van der Waals surface area contributed by atoms with E-state index in [1.54, 1.807) is 6.92 Å². The van der Waals surface area contributed by atoms with Crippen molar-refractivity contribution in [2.24, 2.45) is 11.7 Å². The third-order valence-electron chi connectivity index (χ3n) is 2.33. The van der Waals surface area contributed by atoms with Crippen LogP contribution < -0.4 is 5.73 Å². The Kier molecular flexibility index (Phi) is 4.84. The lowest BCUT2D eigenvalue weighted by Gasteiger charge is -2.12. The highest BCUT2D eigenvalue weighted by atomic mass is 16.5. The summed E-state index contributed by atoms with van der Waals surface area (Å²) >= 11 is 0. The van der Waals surface area contributed by atoms with Gasteiger partial charge >= 0.3 is 5.97 Å². The Labute approximate surface area is 101 Å². The van der Waals surface area contributed by atoms with Crippen molar-refractivity contribution in [3.05, 3.63) is 42.8 Å². The molecule has 91 valence electrons. The Hall–Kier alpha value is -1.68. The molecule has 1 radical (unpaired) electrons. The number of benzene rings is 1. The molecule has 2 atom stereocenters. The van der Waals surface area contributed by atoms with Crippen LogP contribution in [0.2, 0.25) is 0 Å². The van der Waals surface area contributed by atoms with Crippen LogP contribution in [0.3, 0.4) is 0 Å². The standard InChI is InChI=1S/C13H16NO3/c1-9(2)11(14)12(15)13(16)17-8-10-6-4-3-5-7-10/h3-7,9,11H,1,8,14H2,2H3. The van der Waals surface area contributed by atoms with Crippen LogP contribution in [0.1, 0.15) is 12.5 Å². The lowest BCUT2D eigenvalue weighted by atomic mass is 10.0. The Morgan fingerprint density at radius 3 is 2.47 bits per heavy atom. The third kappa shape index (κ3) is 4.00. The first-order valence-electron chi connectivity index (χ1n) is 5.36. The molecule has 1 rings (SSSR count). The number of rotatable bonds is 5. The fourth-order valence-corrected chi connectivity index (χ4v) is 1.19. The minimum absolute atomic E-state index is 0.0731. The minimum Gasteiger partial charge on any atom is -0.455 e. The molecule has 0 bridgehead atoms. The maximum atomic E-state index is 11.5. The van der Waals surface area contributed by atoms with Crippen LogP contribution in [-0.4, -0.2) is 17.8 Å². The van der Waals surface area contributed by atoms with Gasteiger partial charge in [-0.1, -0.05) is 37.3 Å². The molecular formula is C13H16NO3. The second-order valence-electron chi connectivity index (χ2n) is 3.93. The van der Waals surface area contributed by atoms with Crippen LogP contribution in [0.15, 0.2) is 30.3 Å². The molecule has 0 saturated carbocycles. The van der Waals surface area contributed by atoms with Crippen molar-refractivity contribution in [2.75, 3.05) is 0 Å². The molecule has 0 fully saturated rings. The summed E-state index contributed by atoms with van der Waals surface area (Å²) in [4.78, 5) is 22.8. The fourth-order valence-electron chi connectivity index (χ4n) is 1.19. The summed E-state index contributed by atoms with van der Waals surface area (Å²) in [5.41, 5.74) is 6.34. The highest BCUT2D eigenvalue weighted by molar-refractivity contribution is 6.35. The number of esters is 1. The molecule has 4 heteroatoms. The first kappa shape index (κ1) is 13.4. The van der Waals surface area contributed by atoms with Crippen molar-refractivity contribution in [1.29, 1.82) is 0 Å². The van der Waals surface area contributed by atoms with Crippen LogP contribution >= 0.6 is 0 Å². The highest BCUT2D eigenvalue weighted by Gasteiger charge is 2.25. The monoisotopic (exact) mass is 234 g/mol. The van der Waals surface area contributed by atoms with Gasteiger partial charge in [0.2, 0.25) is 0 Å². The van der Waals surface area contributed by atoms with Gasteiger partial charge in [0.25, 0.3) is 5.78 Å². The van der Waals surface area contributed by atoms with Gasteiger partial charge in [0, 0.05) is 0 Å². The molecule has 1 aromatic rings. The van der Waals surface area contributed by atoms with Crippen molar-refractivity contribution in [1.82, 2.24) is 0 Å². The molecule has 0 aliphatic carbocycles. The summed E-state index contributed by atoms with van der Waals surface area (Å²) in [7, 11) is 0. The Morgan fingerprint density at radius 1 is 1.35 bits per heavy atom. The summed E-state index contributed by atoms with van der Waals surface area (Å²) in [6, 6.07) is 8.22. The molecule has 4 nitrogen and oxygen atoms in total. The predicted molar refractivity (Wildman–Crippen MR) is 63.7 cm³/mol. The Morgan fingerprint density at radius 2 is 1.94 bits per heavy atom. The van der Waals surface area contributed by atoms with E-state index in [0.29, 0.717) is 0 Å². The maximum absolute atomic E-state index is 11.5. The number of nitrogens with two attached hydrogens (primary N) is 1.